The van der Waals surface area contributed by atoms with Crippen LogP contribution in [0.5, 0.6) is 0 Å². The van der Waals surface area contributed by atoms with E-state index >= 15 is 0 Å². The highest BCUT2D eigenvalue weighted by molar-refractivity contribution is 5.66. The van der Waals surface area contributed by atoms with Gasteiger partial charge in [-0.2, -0.15) is 0 Å². The Hall–Kier alpha value is -2.02. The number of nitrogens with zero attached hydrogens (tertiary/aromatic N) is 1. The van der Waals surface area contributed by atoms with Crippen LogP contribution in [0.2, 0.25) is 0 Å². The second-order valence-corrected chi connectivity index (χ2v) is 5.03. The lowest BCUT2D eigenvalue weighted by Crippen LogP contribution is -1.88. The van der Waals surface area contributed by atoms with E-state index in [4.69, 9.17) is 0 Å². The molecule has 1 nitrogen and oxygen atoms in total. The maximum absolute atomic E-state index is 2.22. The van der Waals surface area contributed by atoms with Gasteiger partial charge in [0.2, 0.25) is 0 Å². The summed E-state index contributed by atoms with van der Waals surface area (Å²) in [6, 6.07) is 17.4. The minimum Gasteiger partial charge on any atom is -0.323 e. The van der Waals surface area contributed by atoms with Crippen LogP contribution in [0, 0.1) is 0 Å². The number of benzene rings is 1. The van der Waals surface area contributed by atoms with Crippen LogP contribution in [-0.4, -0.2) is 4.40 Å². The molecule has 0 spiro atoms. The molecule has 0 atom stereocenters. The van der Waals surface area contributed by atoms with Gasteiger partial charge in [-0.15, -0.1) is 0 Å². The van der Waals surface area contributed by atoms with Crippen molar-refractivity contribution in [1.29, 1.82) is 0 Å². The van der Waals surface area contributed by atoms with Gasteiger partial charge in [0, 0.05) is 17.9 Å². The molecule has 0 saturated carbocycles. The maximum Gasteiger partial charge on any atom is 0.0450 e. The molecule has 2 heterocycles. The molecule has 1 heteroatoms. The third kappa shape index (κ3) is 1.92. The zero-order valence-electron chi connectivity index (χ0n) is 10.8. The lowest BCUT2D eigenvalue weighted by atomic mass is 9.99. The lowest BCUT2D eigenvalue weighted by molar-refractivity contribution is 0.867. The van der Waals surface area contributed by atoms with Crippen molar-refractivity contribution in [3.05, 3.63) is 66.5 Å². The normalized spacial score (nSPS) is 11.3. The van der Waals surface area contributed by atoms with Gasteiger partial charge < -0.3 is 4.40 Å². The summed E-state index contributed by atoms with van der Waals surface area (Å²) in [5.41, 5.74) is 5.15. The van der Waals surface area contributed by atoms with Gasteiger partial charge in [0.05, 0.1) is 0 Å². The maximum atomic E-state index is 2.22. The molecule has 0 radical (unpaired) electrons. The van der Waals surface area contributed by atoms with Crippen LogP contribution in [0.1, 0.15) is 25.3 Å². The first-order valence-corrected chi connectivity index (χ1v) is 6.41. The van der Waals surface area contributed by atoms with E-state index in [1.807, 2.05) is 0 Å². The number of hydrogen-bond acceptors (Lipinski definition) is 0. The average Bonchev–Trinajstić information content (AvgIpc) is 2.86. The first-order valence-electron chi connectivity index (χ1n) is 6.41. The zero-order chi connectivity index (χ0) is 12.5. The quantitative estimate of drug-likeness (QED) is 0.605. The number of rotatable bonds is 2. The predicted octanol–water partition coefficient (Wildman–Crippen LogP) is 4.73. The molecule has 0 fully saturated rings. The Bertz CT molecular complexity index is 659. The van der Waals surface area contributed by atoms with E-state index < -0.39 is 0 Å². The lowest BCUT2D eigenvalue weighted by Gasteiger charge is -2.07. The fraction of sp³-hybridized carbons (Fsp3) is 0.176. The molecule has 0 aliphatic carbocycles. The molecular weight excluding hydrogens is 218 g/mol. The van der Waals surface area contributed by atoms with Gasteiger partial charge in [-0.25, -0.2) is 0 Å². The summed E-state index contributed by atoms with van der Waals surface area (Å²) in [5, 5.41) is 0. The highest BCUT2D eigenvalue weighted by Crippen LogP contribution is 2.23. The molecule has 90 valence electrons. The monoisotopic (exact) mass is 235 g/mol. The molecule has 0 bridgehead atoms. The smallest absolute Gasteiger partial charge is 0.0450 e. The van der Waals surface area contributed by atoms with Gasteiger partial charge in [-0.05, 0) is 40.8 Å². The highest BCUT2D eigenvalue weighted by atomic mass is 14.8. The predicted molar refractivity (Wildman–Crippen MR) is 76.9 cm³/mol. The van der Waals surface area contributed by atoms with Crippen molar-refractivity contribution in [2.24, 2.45) is 0 Å². The van der Waals surface area contributed by atoms with E-state index in [2.05, 4.69) is 79.2 Å². The molecule has 0 N–H and O–H groups in total. The van der Waals surface area contributed by atoms with Gasteiger partial charge in [0.15, 0.2) is 0 Å². The molecule has 0 aliphatic heterocycles. The van der Waals surface area contributed by atoms with Crippen molar-refractivity contribution < 1.29 is 0 Å². The van der Waals surface area contributed by atoms with Gasteiger partial charge in [0.1, 0.15) is 0 Å². The van der Waals surface area contributed by atoms with Crippen molar-refractivity contribution in [3.63, 3.8) is 0 Å². The second kappa shape index (κ2) is 4.34. The highest BCUT2D eigenvalue weighted by Gasteiger charge is 2.02. The third-order valence-corrected chi connectivity index (χ3v) is 3.43. The molecule has 18 heavy (non-hydrogen) atoms. The fourth-order valence-corrected chi connectivity index (χ4v) is 2.26. The van der Waals surface area contributed by atoms with Crippen LogP contribution in [-0.2, 0) is 0 Å². The van der Waals surface area contributed by atoms with Crippen LogP contribution in [0.4, 0.5) is 0 Å². The molecule has 3 aromatic rings. The van der Waals surface area contributed by atoms with Crippen LogP contribution < -0.4 is 0 Å². The van der Waals surface area contributed by atoms with Crippen molar-refractivity contribution >= 4 is 5.52 Å². The Kier molecular flexibility index (Phi) is 2.67. The number of pyridine rings is 1. The van der Waals surface area contributed by atoms with Gasteiger partial charge in [-0.1, -0.05) is 44.2 Å². The SMILES string of the molecule is CC(C)c1ccc(-c2ccc3cccn3c2)cc1. The van der Waals surface area contributed by atoms with Crippen molar-refractivity contribution in [2.45, 2.75) is 19.8 Å². The van der Waals surface area contributed by atoms with Crippen LogP contribution in [0.25, 0.3) is 16.6 Å². The van der Waals surface area contributed by atoms with Crippen molar-refractivity contribution in [3.8, 4) is 11.1 Å². The summed E-state index contributed by atoms with van der Waals surface area (Å²) in [5.74, 6) is 0.589. The van der Waals surface area contributed by atoms with E-state index in [0.29, 0.717) is 5.92 Å². The molecule has 3 rings (SSSR count). The number of aromatic nitrogens is 1. The molecular formula is C17H17N. The fourth-order valence-electron chi connectivity index (χ4n) is 2.26. The Balaban J connectivity index is 2.02. The molecule has 1 aromatic carbocycles. The summed E-state index contributed by atoms with van der Waals surface area (Å²) in [6.07, 6.45) is 4.26. The standard InChI is InChI=1S/C17H17N/c1-13(2)14-5-7-15(8-6-14)16-9-10-17-4-3-11-18(17)12-16/h3-13H,1-2H3. The van der Waals surface area contributed by atoms with E-state index in [0.717, 1.165) is 0 Å². The molecule has 0 aliphatic rings. The van der Waals surface area contributed by atoms with Crippen LogP contribution in [0.3, 0.4) is 0 Å². The summed E-state index contributed by atoms with van der Waals surface area (Å²) in [6.45, 7) is 4.45. The van der Waals surface area contributed by atoms with Gasteiger partial charge in [0.25, 0.3) is 0 Å². The van der Waals surface area contributed by atoms with Gasteiger partial charge in [-0.3, -0.25) is 0 Å². The largest absolute Gasteiger partial charge is 0.323 e. The Morgan fingerprint density at radius 1 is 0.833 bits per heavy atom. The van der Waals surface area contributed by atoms with E-state index in [1.165, 1.54) is 22.2 Å². The van der Waals surface area contributed by atoms with E-state index in [1.54, 1.807) is 0 Å². The number of fused-ring (bicyclic) bond motifs is 1. The minimum absolute atomic E-state index is 0.589. The van der Waals surface area contributed by atoms with Crippen molar-refractivity contribution in [1.82, 2.24) is 4.40 Å². The minimum atomic E-state index is 0.589. The van der Waals surface area contributed by atoms with Crippen LogP contribution >= 0.6 is 0 Å². The van der Waals surface area contributed by atoms with Crippen molar-refractivity contribution in [2.75, 3.05) is 0 Å². The summed E-state index contributed by atoms with van der Waals surface area (Å²) in [4.78, 5) is 0. The topological polar surface area (TPSA) is 4.41 Å². The van der Waals surface area contributed by atoms with Crippen LogP contribution in [0.15, 0.2) is 60.9 Å². The Morgan fingerprint density at radius 2 is 1.56 bits per heavy atom. The Morgan fingerprint density at radius 3 is 2.28 bits per heavy atom. The number of hydrogen-bond donors (Lipinski definition) is 0. The molecule has 2 aromatic heterocycles. The Labute approximate surface area is 108 Å². The zero-order valence-corrected chi connectivity index (χ0v) is 10.8. The van der Waals surface area contributed by atoms with E-state index in [-0.39, 0.29) is 0 Å². The molecule has 0 saturated heterocycles. The summed E-state index contributed by atoms with van der Waals surface area (Å²) >= 11 is 0. The summed E-state index contributed by atoms with van der Waals surface area (Å²) in [7, 11) is 0. The second-order valence-electron chi connectivity index (χ2n) is 5.03. The van der Waals surface area contributed by atoms with Gasteiger partial charge >= 0.3 is 0 Å². The third-order valence-electron chi connectivity index (χ3n) is 3.43. The average molecular weight is 235 g/mol. The molecule has 0 amide bonds. The first-order chi connectivity index (χ1) is 8.74. The van der Waals surface area contributed by atoms with E-state index in [9.17, 15) is 0 Å². The first kappa shape index (κ1) is 11.1. The summed E-state index contributed by atoms with van der Waals surface area (Å²) < 4.78 is 2.16. The molecule has 0 unspecified atom stereocenters.